The molecule has 16 heavy (non-hydrogen) atoms. The van der Waals surface area contributed by atoms with E-state index in [1.165, 1.54) is 12.3 Å². The van der Waals surface area contributed by atoms with Crippen LogP contribution < -0.4 is 0 Å². The first-order valence-electron chi connectivity index (χ1n) is 4.54. The summed E-state index contributed by atoms with van der Waals surface area (Å²) in [5.74, 6) is 0. The standard InChI is InChI=1S/C9H11N4O2S/c1-16(14,15)9-7-8(4-6-11-9)3-2-5-12-13-10/h3-4,6-7H,2,5H2,1H3. The van der Waals surface area contributed by atoms with Gasteiger partial charge in [-0.1, -0.05) is 5.11 Å². The fourth-order valence-electron chi connectivity index (χ4n) is 1.09. The molecule has 1 rings (SSSR count). The van der Waals surface area contributed by atoms with Crippen LogP contribution in [0.3, 0.4) is 0 Å². The summed E-state index contributed by atoms with van der Waals surface area (Å²) in [7, 11) is -3.27. The number of aromatic nitrogens is 1. The van der Waals surface area contributed by atoms with Crippen molar-refractivity contribution in [3.05, 3.63) is 40.8 Å². The van der Waals surface area contributed by atoms with E-state index in [9.17, 15) is 8.42 Å². The molecule has 0 bridgehead atoms. The monoisotopic (exact) mass is 239 g/mol. The zero-order valence-corrected chi connectivity index (χ0v) is 9.55. The first kappa shape index (κ1) is 12.5. The zero-order valence-electron chi connectivity index (χ0n) is 8.74. The van der Waals surface area contributed by atoms with Crippen LogP contribution >= 0.6 is 0 Å². The fraction of sp³-hybridized carbons (Fsp3) is 0.333. The summed E-state index contributed by atoms with van der Waals surface area (Å²) in [6.07, 6.45) is 4.91. The number of azide groups is 1. The average Bonchev–Trinajstić information content (AvgIpc) is 2.24. The van der Waals surface area contributed by atoms with Crippen molar-refractivity contribution in [2.75, 3.05) is 12.8 Å². The highest BCUT2D eigenvalue weighted by Gasteiger charge is 2.08. The second kappa shape index (κ2) is 5.48. The molecule has 0 aliphatic rings. The van der Waals surface area contributed by atoms with Crippen molar-refractivity contribution in [1.29, 1.82) is 0 Å². The fourth-order valence-corrected chi connectivity index (χ4v) is 1.69. The van der Waals surface area contributed by atoms with E-state index in [4.69, 9.17) is 5.53 Å². The Labute approximate surface area is 93.9 Å². The van der Waals surface area contributed by atoms with Crippen LogP contribution in [0.5, 0.6) is 0 Å². The third kappa shape index (κ3) is 3.88. The van der Waals surface area contributed by atoms with Gasteiger partial charge in [-0.2, -0.15) is 0 Å². The van der Waals surface area contributed by atoms with Crippen LogP contribution in [0.4, 0.5) is 0 Å². The Bertz CT molecular complexity index is 506. The number of sulfone groups is 1. The maximum absolute atomic E-state index is 11.2. The Morgan fingerprint density at radius 2 is 2.38 bits per heavy atom. The molecule has 1 heterocycles. The van der Waals surface area contributed by atoms with Crippen molar-refractivity contribution in [3.8, 4) is 0 Å². The molecule has 0 fully saturated rings. The summed E-state index contributed by atoms with van der Waals surface area (Å²) in [6, 6.07) is 3.19. The molecule has 7 heteroatoms. The first-order chi connectivity index (χ1) is 7.54. The van der Waals surface area contributed by atoms with Crippen molar-refractivity contribution in [3.63, 3.8) is 0 Å². The number of nitrogens with zero attached hydrogens (tertiary/aromatic N) is 4. The van der Waals surface area contributed by atoms with E-state index in [1.54, 1.807) is 12.5 Å². The van der Waals surface area contributed by atoms with Gasteiger partial charge in [0.25, 0.3) is 0 Å². The van der Waals surface area contributed by atoms with Crippen LogP contribution in [0, 0.1) is 6.42 Å². The minimum Gasteiger partial charge on any atom is -0.245 e. The molecule has 0 saturated carbocycles. The van der Waals surface area contributed by atoms with Crippen LogP contribution in [0.15, 0.2) is 28.5 Å². The number of rotatable bonds is 5. The maximum Gasteiger partial charge on any atom is 0.192 e. The molecule has 0 aromatic carbocycles. The molecule has 0 unspecified atom stereocenters. The lowest BCUT2D eigenvalue weighted by Gasteiger charge is -2.01. The van der Waals surface area contributed by atoms with Gasteiger partial charge in [-0.25, -0.2) is 13.4 Å². The van der Waals surface area contributed by atoms with Crippen LogP contribution in [0.1, 0.15) is 12.0 Å². The van der Waals surface area contributed by atoms with Gasteiger partial charge >= 0.3 is 0 Å². The van der Waals surface area contributed by atoms with Gasteiger partial charge in [0, 0.05) is 23.9 Å². The highest BCUT2D eigenvalue weighted by atomic mass is 32.2. The number of hydrogen-bond donors (Lipinski definition) is 0. The van der Waals surface area contributed by atoms with Crippen LogP contribution in [-0.2, 0) is 9.84 Å². The number of hydrogen-bond acceptors (Lipinski definition) is 4. The Morgan fingerprint density at radius 1 is 1.62 bits per heavy atom. The molecule has 0 spiro atoms. The normalized spacial score (nSPS) is 10.8. The highest BCUT2D eigenvalue weighted by molar-refractivity contribution is 7.90. The summed E-state index contributed by atoms with van der Waals surface area (Å²) in [5.41, 5.74) is 8.82. The Kier molecular flexibility index (Phi) is 4.28. The third-order valence-corrected chi connectivity index (χ3v) is 2.79. The lowest BCUT2D eigenvalue weighted by atomic mass is 10.1. The Morgan fingerprint density at radius 3 is 3.00 bits per heavy atom. The SMILES string of the molecule is CS(=O)(=O)c1cc([CH]CCN=[N+]=[N-])ccn1. The average molecular weight is 239 g/mol. The molecule has 1 radical (unpaired) electrons. The Balaban J connectivity index is 2.72. The smallest absolute Gasteiger partial charge is 0.192 e. The largest absolute Gasteiger partial charge is 0.245 e. The predicted octanol–water partition coefficient (Wildman–Crippen LogP) is 1.74. The van der Waals surface area contributed by atoms with Gasteiger partial charge in [0.15, 0.2) is 14.9 Å². The zero-order chi connectivity index (χ0) is 12.0. The quantitative estimate of drug-likeness (QED) is 0.339. The van der Waals surface area contributed by atoms with Gasteiger partial charge < -0.3 is 0 Å². The van der Waals surface area contributed by atoms with Crippen LogP contribution in [0.2, 0.25) is 0 Å². The minimum atomic E-state index is -3.27. The van der Waals surface area contributed by atoms with Crippen molar-refractivity contribution in [1.82, 2.24) is 4.98 Å². The van der Waals surface area contributed by atoms with Crippen molar-refractivity contribution in [2.45, 2.75) is 11.4 Å². The summed E-state index contributed by atoms with van der Waals surface area (Å²) >= 11 is 0. The second-order valence-electron chi connectivity index (χ2n) is 3.15. The lowest BCUT2D eigenvalue weighted by molar-refractivity contribution is 0.598. The van der Waals surface area contributed by atoms with E-state index in [0.29, 0.717) is 13.0 Å². The van der Waals surface area contributed by atoms with E-state index in [1.807, 2.05) is 0 Å². The summed E-state index contributed by atoms with van der Waals surface area (Å²) in [4.78, 5) is 6.39. The minimum absolute atomic E-state index is 0.0463. The second-order valence-corrected chi connectivity index (χ2v) is 5.11. The highest BCUT2D eigenvalue weighted by Crippen LogP contribution is 2.11. The molecule has 0 N–H and O–H groups in total. The molecule has 0 saturated heterocycles. The van der Waals surface area contributed by atoms with Gasteiger partial charge in [0.05, 0.1) is 0 Å². The van der Waals surface area contributed by atoms with E-state index in [2.05, 4.69) is 15.0 Å². The van der Waals surface area contributed by atoms with Gasteiger partial charge in [-0.15, -0.1) is 0 Å². The van der Waals surface area contributed by atoms with Gasteiger partial charge in [-0.3, -0.25) is 0 Å². The van der Waals surface area contributed by atoms with Crippen LogP contribution in [0.25, 0.3) is 10.4 Å². The molecular weight excluding hydrogens is 228 g/mol. The first-order valence-corrected chi connectivity index (χ1v) is 6.43. The predicted molar refractivity (Wildman–Crippen MR) is 59.4 cm³/mol. The molecule has 1 aromatic rings. The number of pyridine rings is 1. The van der Waals surface area contributed by atoms with Gasteiger partial charge in [0.1, 0.15) is 0 Å². The molecule has 85 valence electrons. The molecule has 1 aromatic heterocycles. The molecule has 0 amide bonds. The van der Waals surface area contributed by atoms with Gasteiger partial charge in [0.2, 0.25) is 0 Å². The van der Waals surface area contributed by atoms with E-state index in [0.717, 1.165) is 11.8 Å². The van der Waals surface area contributed by atoms with Crippen LogP contribution in [-0.4, -0.2) is 26.2 Å². The van der Waals surface area contributed by atoms with Crippen molar-refractivity contribution < 1.29 is 8.42 Å². The van der Waals surface area contributed by atoms with E-state index < -0.39 is 9.84 Å². The maximum atomic E-state index is 11.2. The molecular formula is C9H11N4O2S. The Hall–Kier alpha value is -1.59. The van der Waals surface area contributed by atoms with Gasteiger partial charge in [-0.05, 0) is 36.1 Å². The molecule has 0 atom stereocenters. The third-order valence-electron chi connectivity index (χ3n) is 1.81. The molecule has 0 aliphatic carbocycles. The lowest BCUT2D eigenvalue weighted by Crippen LogP contribution is -2.01. The van der Waals surface area contributed by atoms with E-state index >= 15 is 0 Å². The summed E-state index contributed by atoms with van der Waals surface area (Å²) < 4.78 is 22.4. The summed E-state index contributed by atoms with van der Waals surface area (Å²) in [5, 5.41) is 3.42. The molecule has 0 aliphatic heterocycles. The summed E-state index contributed by atoms with van der Waals surface area (Å²) in [6.45, 7) is 0.354. The topological polar surface area (TPSA) is 95.8 Å². The van der Waals surface area contributed by atoms with Crippen molar-refractivity contribution >= 4 is 9.84 Å². The van der Waals surface area contributed by atoms with E-state index in [-0.39, 0.29) is 5.03 Å². The molecule has 6 nitrogen and oxygen atoms in total. The van der Waals surface area contributed by atoms with Crippen molar-refractivity contribution in [2.24, 2.45) is 5.11 Å².